The number of primary amides is 1. The molecule has 1 fully saturated rings. The maximum Gasteiger partial charge on any atom is 0.227 e. The lowest BCUT2D eigenvalue weighted by Gasteiger charge is -2.32. The summed E-state index contributed by atoms with van der Waals surface area (Å²) in [4.78, 5) is 39.3. The summed E-state index contributed by atoms with van der Waals surface area (Å²) in [5.41, 5.74) is 9.20. The van der Waals surface area contributed by atoms with Gasteiger partial charge in [-0.2, -0.15) is 0 Å². The lowest BCUT2D eigenvalue weighted by atomic mass is 9.75. The molecule has 1 atom stereocenters. The Morgan fingerprint density at radius 1 is 1.25 bits per heavy atom. The number of nitrogens with zero attached hydrogens (tertiary/aromatic N) is 2. The quantitative estimate of drug-likeness (QED) is 0.843. The van der Waals surface area contributed by atoms with Gasteiger partial charge in [0, 0.05) is 43.0 Å². The van der Waals surface area contributed by atoms with E-state index in [1.807, 2.05) is 6.92 Å². The van der Waals surface area contributed by atoms with Gasteiger partial charge in [-0.05, 0) is 43.6 Å². The van der Waals surface area contributed by atoms with Gasteiger partial charge in [0.15, 0.2) is 5.78 Å². The molecule has 1 aliphatic carbocycles. The third-order valence-electron chi connectivity index (χ3n) is 6.27. The predicted molar refractivity (Wildman–Crippen MR) is 108 cm³/mol. The highest BCUT2D eigenvalue weighted by atomic mass is 16.2. The van der Waals surface area contributed by atoms with Crippen LogP contribution in [0.5, 0.6) is 0 Å². The Balaban J connectivity index is 1.91. The van der Waals surface area contributed by atoms with E-state index >= 15 is 0 Å². The first-order valence-corrected chi connectivity index (χ1v) is 10.5. The van der Waals surface area contributed by atoms with Crippen molar-refractivity contribution in [2.75, 3.05) is 13.1 Å². The van der Waals surface area contributed by atoms with Crippen LogP contribution < -0.4 is 5.73 Å². The standard InChI is InChI=1S/C22H33N3O3/c1-5-8-25-14(2)16(20-17(25)11-22(3,4)12-18(20)26)10-19(27)24-9-6-7-15(13-24)21(23)28/h15H,5-13H2,1-4H3,(H2,23,28)/t15-/m0/s1. The van der Waals surface area contributed by atoms with Crippen LogP contribution in [0.4, 0.5) is 0 Å². The van der Waals surface area contributed by atoms with E-state index in [1.54, 1.807) is 4.90 Å². The van der Waals surface area contributed by atoms with Gasteiger partial charge in [0.2, 0.25) is 11.8 Å². The number of carbonyl (C=O) groups is 3. The third kappa shape index (κ3) is 3.87. The van der Waals surface area contributed by atoms with Crippen molar-refractivity contribution < 1.29 is 14.4 Å². The molecule has 1 saturated heterocycles. The molecule has 6 nitrogen and oxygen atoms in total. The number of hydrogen-bond acceptors (Lipinski definition) is 3. The Hall–Kier alpha value is -2.11. The number of nitrogens with two attached hydrogens (primary N) is 1. The van der Waals surface area contributed by atoms with Crippen LogP contribution in [-0.4, -0.2) is 40.2 Å². The van der Waals surface area contributed by atoms with Crippen molar-refractivity contribution in [1.82, 2.24) is 9.47 Å². The molecular formula is C22H33N3O3. The van der Waals surface area contributed by atoms with E-state index < -0.39 is 0 Å². The smallest absolute Gasteiger partial charge is 0.227 e. The zero-order chi connectivity index (χ0) is 20.6. The van der Waals surface area contributed by atoms with Crippen molar-refractivity contribution in [1.29, 1.82) is 0 Å². The van der Waals surface area contributed by atoms with Crippen molar-refractivity contribution in [3.05, 3.63) is 22.5 Å². The summed E-state index contributed by atoms with van der Waals surface area (Å²) in [6, 6.07) is 0. The molecule has 1 aliphatic heterocycles. The minimum absolute atomic E-state index is 0.0110. The maximum atomic E-state index is 13.0. The van der Waals surface area contributed by atoms with E-state index in [9.17, 15) is 14.4 Å². The summed E-state index contributed by atoms with van der Waals surface area (Å²) >= 11 is 0. The fourth-order valence-corrected chi connectivity index (χ4v) is 4.85. The number of aromatic nitrogens is 1. The SMILES string of the molecule is CCCn1c(C)c(CC(=O)N2CCC[C@H](C(N)=O)C2)c2c1CC(C)(C)CC2=O. The molecular weight excluding hydrogens is 354 g/mol. The van der Waals surface area contributed by atoms with E-state index in [-0.39, 0.29) is 35.4 Å². The van der Waals surface area contributed by atoms with Crippen LogP contribution in [0.1, 0.15) is 73.8 Å². The Kier molecular flexibility index (Phi) is 5.69. The van der Waals surface area contributed by atoms with E-state index in [1.165, 1.54) is 0 Å². The van der Waals surface area contributed by atoms with Crippen molar-refractivity contribution >= 4 is 17.6 Å². The number of hydrogen-bond donors (Lipinski definition) is 1. The molecule has 2 aliphatic rings. The summed E-state index contributed by atoms with van der Waals surface area (Å²) in [7, 11) is 0. The maximum absolute atomic E-state index is 13.0. The van der Waals surface area contributed by atoms with Gasteiger partial charge in [-0.1, -0.05) is 20.8 Å². The first-order chi connectivity index (χ1) is 13.1. The number of rotatable bonds is 5. The zero-order valence-electron chi connectivity index (χ0n) is 17.6. The number of ketones is 1. The monoisotopic (exact) mass is 387 g/mol. The van der Waals surface area contributed by atoms with E-state index in [2.05, 4.69) is 25.3 Å². The van der Waals surface area contributed by atoms with Gasteiger partial charge in [0.05, 0.1) is 12.3 Å². The molecule has 0 radical (unpaired) electrons. The van der Waals surface area contributed by atoms with Gasteiger partial charge < -0.3 is 15.2 Å². The van der Waals surface area contributed by atoms with E-state index in [0.29, 0.717) is 19.5 Å². The fraction of sp³-hybridized carbons (Fsp3) is 0.682. The van der Waals surface area contributed by atoms with Gasteiger partial charge in [-0.25, -0.2) is 0 Å². The Morgan fingerprint density at radius 3 is 2.61 bits per heavy atom. The summed E-state index contributed by atoms with van der Waals surface area (Å²) in [5.74, 6) is -0.457. The van der Waals surface area contributed by atoms with Crippen molar-refractivity contribution in [2.24, 2.45) is 17.1 Å². The van der Waals surface area contributed by atoms with Gasteiger partial charge in [-0.15, -0.1) is 0 Å². The number of fused-ring (bicyclic) bond motifs is 1. The fourth-order valence-electron chi connectivity index (χ4n) is 4.85. The van der Waals surface area contributed by atoms with Crippen molar-refractivity contribution in [3.63, 3.8) is 0 Å². The van der Waals surface area contributed by atoms with Crippen LogP contribution in [0, 0.1) is 18.3 Å². The average molecular weight is 388 g/mol. The summed E-state index contributed by atoms with van der Waals surface area (Å²) in [5, 5.41) is 0. The highest BCUT2D eigenvalue weighted by Gasteiger charge is 2.37. The molecule has 1 aromatic rings. The minimum Gasteiger partial charge on any atom is -0.369 e. The van der Waals surface area contributed by atoms with E-state index in [4.69, 9.17) is 5.73 Å². The number of likely N-dealkylation sites (tertiary alicyclic amines) is 1. The number of piperidine rings is 1. The van der Waals surface area contributed by atoms with Crippen LogP contribution in [-0.2, 0) is 29.0 Å². The summed E-state index contributed by atoms with van der Waals surface area (Å²) in [6.07, 6.45) is 4.12. The Bertz CT molecular complexity index is 806. The first-order valence-electron chi connectivity index (χ1n) is 10.5. The zero-order valence-corrected chi connectivity index (χ0v) is 17.6. The van der Waals surface area contributed by atoms with Gasteiger partial charge in [0.1, 0.15) is 0 Å². The van der Waals surface area contributed by atoms with Crippen LogP contribution in [0.25, 0.3) is 0 Å². The van der Waals surface area contributed by atoms with Crippen LogP contribution in [0.3, 0.4) is 0 Å². The second-order valence-electron chi connectivity index (χ2n) is 9.24. The molecule has 0 spiro atoms. The molecule has 2 N–H and O–H groups in total. The molecule has 154 valence electrons. The molecule has 2 amide bonds. The lowest BCUT2D eigenvalue weighted by molar-refractivity contribution is -0.134. The Morgan fingerprint density at radius 2 is 1.96 bits per heavy atom. The lowest BCUT2D eigenvalue weighted by Crippen LogP contribution is -2.44. The number of amides is 2. The van der Waals surface area contributed by atoms with E-state index in [0.717, 1.165) is 54.7 Å². The molecule has 6 heteroatoms. The van der Waals surface area contributed by atoms with Gasteiger partial charge >= 0.3 is 0 Å². The molecule has 1 aromatic heterocycles. The molecule has 0 unspecified atom stereocenters. The molecule has 28 heavy (non-hydrogen) atoms. The van der Waals surface area contributed by atoms with Crippen LogP contribution in [0.15, 0.2) is 0 Å². The molecule has 0 bridgehead atoms. The molecule has 2 heterocycles. The van der Waals surface area contributed by atoms with Crippen LogP contribution in [0.2, 0.25) is 0 Å². The van der Waals surface area contributed by atoms with Gasteiger partial charge in [0.25, 0.3) is 0 Å². The molecule has 0 aromatic carbocycles. The minimum atomic E-state index is -0.336. The second kappa shape index (κ2) is 7.72. The highest BCUT2D eigenvalue weighted by Crippen LogP contribution is 2.39. The second-order valence-corrected chi connectivity index (χ2v) is 9.24. The normalized spacial score (nSPS) is 21.5. The van der Waals surface area contributed by atoms with Crippen molar-refractivity contribution in [2.45, 2.75) is 72.8 Å². The number of Topliss-reactive ketones (excluding diaryl/α,β-unsaturated/α-hetero) is 1. The molecule has 0 saturated carbocycles. The molecule has 3 rings (SSSR count). The highest BCUT2D eigenvalue weighted by molar-refractivity contribution is 6.01. The third-order valence-corrected chi connectivity index (χ3v) is 6.27. The predicted octanol–water partition coefficient (Wildman–Crippen LogP) is 2.63. The van der Waals surface area contributed by atoms with Crippen LogP contribution >= 0.6 is 0 Å². The topological polar surface area (TPSA) is 85.4 Å². The summed E-state index contributed by atoms with van der Waals surface area (Å²) in [6.45, 7) is 10.3. The average Bonchev–Trinajstić information content (AvgIpc) is 2.86. The largest absolute Gasteiger partial charge is 0.369 e. The Labute approximate surface area is 167 Å². The van der Waals surface area contributed by atoms with Gasteiger partial charge in [-0.3, -0.25) is 14.4 Å². The number of carbonyl (C=O) groups excluding carboxylic acids is 3. The van der Waals surface area contributed by atoms with Crippen molar-refractivity contribution in [3.8, 4) is 0 Å². The first kappa shape index (κ1) is 20.6. The summed E-state index contributed by atoms with van der Waals surface area (Å²) < 4.78 is 2.25.